The fourth-order valence-electron chi connectivity index (χ4n) is 6.85. The second-order valence-corrected chi connectivity index (χ2v) is 13.0. The lowest BCUT2D eigenvalue weighted by molar-refractivity contribution is -0.163. The number of aliphatic hydroxyl groups is 1. The van der Waals surface area contributed by atoms with Crippen LogP contribution < -0.4 is 10.1 Å². The number of hydrogen-bond donors (Lipinski definition) is 2. The Kier molecular flexibility index (Phi) is 10.9. The molecule has 0 atom stereocenters. The van der Waals surface area contributed by atoms with E-state index in [0.29, 0.717) is 70.2 Å². The molecule has 0 bridgehead atoms. The molecule has 19 heteroatoms. The summed E-state index contributed by atoms with van der Waals surface area (Å²) < 4.78 is 123. The number of carbonyl (C=O) groups excluding carboxylic acids is 2. The first-order valence-electron chi connectivity index (χ1n) is 16.8. The maximum atomic E-state index is 15.5. The molecular weight excluding hydrogens is 736 g/mol. The molecular formula is C35H34F8N6O5. The molecule has 3 heterocycles. The van der Waals surface area contributed by atoms with Crippen molar-refractivity contribution >= 4 is 17.5 Å². The molecule has 1 spiro atoms. The van der Waals surface area contributed by atoms with Crippen molar-refractivity contribution in [2.24, 2.45) is 0 Å². The van der Waals surface area contributed by atoms with Crippen LogP contribution in [0.2, 0.25) is 0 Å². The minimum atomic E-state index is -4.99. The molecule has 2 aromatic carbocycles. The van der Waals surface area contributed by atoms with E-state index in [-0.39, 0.29) is 30.8 Å². The van der Waals surface area contributed by atoms with Gasteiger partial charge < -0.3 is 19.9 Å². The van der Waals surface area contributed by atoms with E-state index in [1.54, 1.807) is 0 Å². The van der Waals surface area contributed by atoms with Crippen LogP contribution >= 0.6 is 0 Å². The maximum Gasteiger partial charge on any atom is 0.433 e. The van der Waals surface area contributed by atoms with Crippen molar-refractivity contribution in [2.45, 2.75) is 50.1 Å². The van der Waals surface area contributed by atoms with Crippen molar-refractivity contribution in [3.8, 4) is 17.0 Å². The Bertz CT molecular complexity index is 1940. The molecule has 290 valence electrons. The van der Waals surface area contributed by atoms with Crippen LogP contribution in [0, 0.1) is 11.6 Å². The summed E-state index contributed by atoms with van der Waals surface area (Å²) in [6, 6.07) is 4.63. The topological polar surface area (TPSA) is 120 Å². The lowest BCUT2D eigenvalue weighted by Gasteiger charge is -2.48. The third kappa shape index (κ3) is 7.70. The van der Waals surface area contributed by atoms with Gasteiger partial charge in [0.1, 0.15) is 30.0 Å². The number of halogens is 8. The minimum Gasteiger partial charge on any atom is -0.509 e. The Balaban J connectivity index is 1.30. The van der Waals surface area contributed by atoms with Crippen molar-refractivity contribution in [3.63, 3.8) is 0 Å². The van der Waals surface area contributed by atoms with Crippen LogP contribution in [0.25, 0.3) is 11.3 Å². The first-order valence-corrected chi connectivity index (χ1v) is 16.8. The van der Waals surface area contributed by atoms with Crippen LogP contribution in [0.3, 0.4) is 0 Å². The summed E-state index contributed by atoms with van der Waals surface area (Å²) in [4.78, 5) is 36.8. The number of nitrogens with zero attached hydrogens (tertiary/aromatic N) is 5. The summed E-state index contributed by atoms with van der Waals surface area (Å²) in [5.74, 6) is -6.11. The molecule has 3 aliphatic rings. The average molecular weight is 771 g/mol. The zero-order chi connectivity index (χ0) is 39.0. The van der Waals surface area contributed by atoms with E-state index in [9.17, 15) is 41.0 Å². The number of anilines is 1. The number of hydrazine groups is 1. The highest BCUT2D eigenvalue weighted by molar-refractivity contribution is 6.24. The Morgan fingerprint density at radius 1 is 0.981 bits per heavy atom. The molecule has 11 nitrogen and oxygen atoms in total. The normalized spacial score (nSPS) is 18.5. The highest BCUT2D eigenvalue weighted by Gasteiger charge is 2.53. The molecule has 3 aromatic rings. The lowest BCUT2D eigenvalue weighted by atomic mass is 9.88. The van der Waals surface area contributed by atoms with E-state index in [4.69, 9.17) is 9.47 Å². The van der Waals surface area contributed by atoms with E-state index in [1.165, 1.54) is 24.2 Å². The average Bonchev–Trinajstić information content (AvgIpc) is 3.63. The van der Waals surface area contributed by atoms with Gasteiger partial charge in [0.05, 0.1) is 42.2 Å². The Hall–Kier alpha value is -4.88. The fraction of sp³-hybridized carbons (Fsp3) is 0.429. The van der Waals surface area contributed by atoms with Gasteiger partial charge in [-0.2, -0.15) is 30.7 Å². The monoisotopic (exact) mass is 770 g/mol. The predicted octanol–water partition coefficient (Wildman–Crippen LogP) is 6.12. The minimum absolute atomic E-state index is 0.0650. The summed E-state index contributed by atoms with van der Waals surface area (Å²) in [5.41, 5.74) is -6.94. The summed E-state index contributed by atoms with van der Waals surface area (Å²) in [6.07, 6.45) is -7.89. The SMILES string of the molecule is CN1N(Cc2ccc(OCCN3CCOCC3)c(F)c2F)C(=O)C(C(=O)Nc2ccc(C(F)(F)F)cc2-c2cc(C(F)(F)F)ncn2)=C(O)C12CCCC2. The number of rotatable bonds is 9. The van der Waals surface area contributed by atoms with Gasteiger partial charge in [0.15, 0.2) is 11.6 Å². The fourth-order valence-corrected chi connectivity index (χ4v) is 6.85. The molecule has 1 saturated carbocycles. The number of alkyl halides is 6. The van der Waals surface area contributed by atoms with Gasteiger partial charge in [0.2, 0.25) is 5.82 Å². The summed E-state index contributed by atoms with van der Waals surface area (Å²) >= 11 is 0. The van der Waals surface area contributed by atoms with Crippen LogP contribution in [0.1, 0.15) is 42.5 Å². The second-order valence-electron chi connectivity index (χ2n) is 13.0. The number of aliphatic hydroxyl groups excluding tert-OH is 1. The molecule has 2 aliphatic heterocycles. The van der Waals surface area contributed by atoms with E-state index >= 15 is 8.78 Å². The molecule has 2 amide bonds. The van der Waals surface area contributed by atoms with Crippen molar-refractivity contribution in [3.05, 3.63) is 82.5 Å². The Labute approximate surface area is 303 Å². The van der Waals surface area contributed by atoms with Crippen molar-refractivity contribution in [2.75, 3.05) is 51.8 Å². The van der Waals surface area contributed by atoms with Gasteiger partial charge in [-0.25, -0.2) is 19.4 Å². The highest BCUT2D eigenvalue weighted by Crippen LogP contribution is 2.45. The molecule has 2 fully saturated rings. The number of likely N-dealkylation sites (N-methyl/N-ethyl adjacent to an activating group) is 1. The molecule has 54 heavy (non-hydrogen) atoms. The van der Waals surface area contributed by atoms with Crippen LogP contribution in [0.4, 0.5) is 40.8 Å². The van der Waals surface area contributed by atoms with E-state index < -0.39 is 87.4 Å². The molecule has 2 N–H and O–H groups in total. The molecule has 0 radical (unpaired) electrons. The van der Waals surface area contributed by atoms with Gasteiger partial charge in [0.25, 0.3) is 11.8 Å². The third-order valence-electron chi connectivity index (χ3n) is 9.81. The number of benzene rings is 2. The number of morpholine rings is 1. The zero-order valence-electron chi connectivity index (χ0n) is 28.7. The van der Waals surface area contributed by atoms with Gasteiger partial charge in [-0.15, -0.1) is 0 Å². The van der Waals surface area contributed by atoms with Gasteiger partial charge >= 0.3 is 12.4 Å². The first-order chi connectivity index (χ1) is 25.5. The van der Waals surface area contributed by atoms with Crippen LogP contribution in [0.15, 0.2) is 54.1 Å². The number of aromatic nitrogens is 2. The molecule has 1 aromatic heterocycles. The van der Waals surface area contributed by atoms with Gasteiger partial charge in [-0.1, -0.05) is 18.9 Å². The van der Waals surface area contributed by atoms with Crippen molar-refractivity contribution in [1.29, 1.82) is 0 Å². The molecule has 1 aliphatic carbocycles. The summed E-state index contributed by atoms with van der Waals surface area (Å²) in [7, 11) is 1.44. The third-order valence-corrected chi connectivity index (χ3v) is 9.81. The number of carbonyl (C=O) groups is 2. The Morgan fingerprint density at radius 3 is 2.35 bits per heavy atom. The number of nitrogens with one attached hydrogen (secondary N) is 1. The van der Waals surface area contributed by atoms with Gasteiger partial charge in [-0.3, -0.25) is 19.5 Å². The molecule has 6 rings (SSSR count). The summed E-state index contributed by atoms with van der Waals surface area (Å²) in [6.45, 7) is 2.33. The second kappa shape index (κ2) is 15.1. The molecule has 0 unspecified atom stereocenters. The summed E-state index contributed by atoms with van der Waals surface area (Å²) in [5, 5.41) is 16.1. The quantitative estimate of drug-likeness (QED) is 0.196. The number of ether oxygens (including phenoxy) is 2. The van der Waals surface area contributed by atoms with E-state index in [1.807, 2.05) is 4.90 Å². The smallest absolute Gasteiger partial charge is 0.433 e. The van der Waals surface area contributed by atoms with Crippen LogP contribution in [0.5, 0.6) is 5.75 Å². The van der Waals surface area contributed by atoms with Crippen LogP contribution in [-0.4, -0.2) is 93.8 Å². The zero-order valence-corrected chi connectivity index (χ0v) is 28.7. The lowest BCUT2D eigenvalue weighted by Crippen LogP contribution is -2.62. The predicted molar refractivity (Wildman–Crippen MR) is 174 cm³/mol. The van der Waals surface area contributed by atoms with Crippen molar-refractivity contribution in [1.82, 2.24) is 24.9 Å². The standard InChI is InChI=1S/C35H34F8N6O5/c1-47-33(8-2-3-9-33)30(50)27(32(52)49(47)18-20-4-7-25(29(37)28(20)36)54-15-12-48-10-13-53-14-11-48)31(51)46-23-6-5-21(34(38,39)40)16-22(23)24-17-26(35(41,42)43)45-19-44-24/h4-7,16-17,19,50H,2-3,8-15,18H2,1H3,(H,46,51). The molecule has 1 saturated heterocycles. The number of amides is 2. The number of hydrogen-bond acceptors (Lipinski definition) is 9. The largest absolute Gasteiger partial charge is 0.509 e. The first kappa shape index (κ1) is 38.8. The van der Waals surface area contributed by atoms with E-state index in [0.717, 1.165) is 11.1 Å². The van der Waals surface area contributed by atoms with Crippen molar-refractivity contribution < 1.29 is 59.3 Å². The van der Waals surface area contributed by atoms with Crippen LogP contribution in [-0.2, 0) is 33.2 Å². The van der Waals surface area contributed by atoms with Gasteiger partial charge in [-0.05, 0) is 43.2 Å². The van der Waals surface area contributed by atoms with E-state index in [2.05, 4.69) is 15.3 Å². The maximum absolute atomic E-state index is 15.5. The Morgan fingerprint density at radius 2 is 1.69 bits per heavy atom. The highest BCUT2D eigenvalue weighted by atomic mass is 19.4. The van der Waals surface area contributed by atoms with Gasteiger partial charge in [0, 0.05) is 37.8 Å².